The second kappa shape index (κ2) is 4.77. The van der Waals surface area contributed by atoms with Crippen LogP contribution in [0.25, 0.3) is 0 Å². The van der Waals surface area contributed by atoms with Crippen LogP contribution in [0.1, 0.15) is 0 Å². The van der Waals surface area contributed by atoms with E-state index >= 15 is 0 Å². The van der Waals surface area contributed by atoms with E-state index in [2.05, 4.69) is 10.3 Å². The fourth-order valence-electron chi connectivity index (χ4n) is 0.747. The summed E-state index contributed by atoms with van der Waals surface area (Å²) in [6.45, 7) is 0. The van der Waals surface area contributed by atoms with E-state index < -0.39 is 0 Å². The van der Waals surface area contributed by atoms with Gasteiger partial charge in [-0.05, 0) is 18.4 Å². The van der Waals surface area contributed by atoms with E-state index in [4.69, 9.17) is 0 Å². The monoisotopic (exact) mass is 182 g/mol. The first-order chi connectivity index (χ1) is 5.83. The van der Waals surface area contributed by atoms with Gasteiger partial charge in [0.2, 0.25) is 5.91 Å². The molecule has 1 aromatic heterocycles. The van der Waals surface area contributed by atoms with Crippen LogP contribution in [0.4, 0.5) is 5.82 Å². The van der Waals surface area contributed by atoms with Gasteiger partial charge in [-0.2, -0.15) is 11.8 Å². The summed E-state index contributed by atoms with van der Waals surface area (Å²) >= 11 is 1.49. The molecular weight excluding hydrogens is 172 g/mol. The molecule has 0 atom stereocenters. The van der Waals surface area contributed by atoms with Crippen LogP contribution in [-0.2, 0) is 4.79 Å². The van der Waals surface area contributed by atoms with Gasteiger partial charge in [-0.1, -0.05) is 6.07 Å². The van der Waals surface area contributed by atoms with Crippen LogP contribution in [0, 0.1) is 0 Å². The third-order valence-electron chi connectivity index (χ3n) is 1.21. The molecule has 1 aromatic rings. The number of aromatic nitrogens is 1. The van der Waals surface area contributed by atoms with Crippen molar-refractivity contribution >= 4 is 23.5 Å². The molecule has 1 heterocycles. The molecule has 0 aliphatic heterocycles. The van der Waals surface area contributed by atoms with E-state index in [1.165, 1.54) is 11.8 Å². The molecule has 0 aliphatic rings. The Hall–Kier alpha value is -1.03. The highest BCUT2D eigenvalue weighted by Crippen LogP contribution is 2.00. The molecule has 1 rings (SSSR count). The summed E-state index contributed by atoms with van der Waals surface area (Å²) in [5.41, 5.74) is 0. The van der Waals surface area contributed by atoms with Crippen molar-refractivity contribution in [3.63, 3.8) is 0 Å². The molecule has 1 amide bonds. The van der Waals surface area contributed by atoms with Gasteiger partial charge in [0.1, 0.15) is 5.82 Å². The van der Waals surface area contributed by atoms with E-state index in [1.807, 2.05) is 18.4 Å². The predicted molar refractivity (Wildman–Crippen MR) is 51.2 cm³/mol. The average molecular weight is 182 g/mol. The number of thioether (sulfide) groups is 1. The number of nitrogens with one attached hydrogen (secondary N) is 1. The smallest absolute Gasteiger partial charge is 0.235 e. The van der Waals surface area contributed by atoms with Crippen molar-refractivity contribution in [2.45, 2.75) is 0 Å². The molecule has 3 nitrogen and oxygen atoms in total. The summed E-state index contributed by atoms with van der Waals surface area (Å²) in [6, 6.07) is 5.41. The van der Waals surface area contributed by atoms with Gasteiger partial charge in [-0.3, -0.25) is 4.79 Å². The van der Waals surface area contributed by atoms with Gasteiger partial charge >= 0.3 is 0 Å². The molecule has 0 unspecified atom stereocenters. The molecule has 12 heavy (non-hydrogen) atoms. The quantitative estimate of drug-likeness (QED) is 0.768. The Morgan fingerprint density at radius 3 is 3.08 bits per heavy atom. The lowest BCUT2D eigenvalue weighted by molar-refractivity contribution is -0.113. The third kappa shape index (κ3) is 2.92. The Morgan fingerprint density at radius 2 is 2.50 bits per heavy atom. The van der Waals surface area contributed by atoms with Crippen molar-refractivity contribution in [2.75, 3.05) is 17.3 Å². The van der Waals surface area contributed by atoms with Gasteiger partial charge in [0.05, 0.1) is 5.75 Å². The zero-order valence-corrected chi connectivity index (χ0v) is 7.60. The fraction of sp³-hybridized carbons (Fsp3) is 0.250. The number of rotatable bonds is 3. The highest BCUT2D eigenvalue weighted by molar-refractivity contribution is 7.99. The maximum Gasteiger partial charge on any atom is 0.235 e. The van der Waals surface area contributed by atoms with Crippen LogP contribution in [-0.4, -0.2) is 22.9 Å². The number of hydrogen-bond donors (Lipinski definition) is 1. The second-order valence-corrected chi connectivity index (χ2v) is 3.06. The molecule has 0 saturated heterocycles. The number of pyridine rings is 1. The standard InChI is InChI=1S/C8H10N2OS/c1-12-6-8(11)10-7-4-2-3-5-9-7/h2-5H,6H2,1H3,(H,9,10,11). The van der Waals surface area contributed by atoms with Gasteiger partial charge in [0, 0.05) is 6.20 Å². The molecule has 0 spiro atoms. The maximum atomic E-state index is 11.0. The Kier molecular flexibility index (Phi) is 3.60. The van der Waals surface area contributed by atoms with Crippen molar-refractivity contribution in [3.8, 4) is 0 Å². The first-order valence-electron chi connectivity index (χ1n) is 3.53. The van der Waals surface area contributed by atoms with Gasteiger partial charge in [0.15, 0.2) is 0 Å². The van der Waals surface area contributed by atoms with Crippen molar-refractivity contribution in [2.24, 2.45) is 0 Å². The molecular formula is C8H10N2OS. The Labute approximate surface area is 75.6 Å². The summed E-state index contributed by atoms with van der Waals surface area (Å²) in [4.78, 5) is 15.0. The first-order valence-corrected chi connectivity index (χ1v) is 4.92. The summed E-state index contributed by atoms with van der Waals surface area (Å²) in [7, 11) is 0. The second-order valence-electron chi connectivity index (χ2n) is 2.20. The lowest BCUT2D eigenvalue weighted by atomic mass is 10.4. The Balaban J connectivity index is 2.47. The minimum Gasteiger partial charge on any atom is -0.310 e. The number of anilines is 1. The van der Waals surface area contributed by atoms with Gasteiger partial charge in [0.25, 0.3) is 0 Å². The summed E-state index contributed by atoms with van der Waals surface area (Å²) in [5, 5.41) is 2.67. The van der Waals surface area contributed by atoms with E-state index in [0.717, 1.165) is 0 Å². The minimum absolute atomic E-state index is 0.0128. The van der Waals surface area contributed by atoms with Gasteiger partial charge in [-0.15, -0.1) is 0 Å². The van der Waals surface area contributed by atoms with Crippen LogP contribution >= 0.6 is 11.8 Å². The molecule has 0 aliphatic carbocycles. The summed E-state index contributed by atoms with van der Waals surface area (Å²) in [5.74, 6) is 1.06. The predicted octanol–water partition coefficient (Wildman–Crippen LogP) is 1.38. The highest BCUT2D eigenvalue weighted by atomic mass is 32.2. The van der Waals surface area contributed by atoms with E-state index in [0.29, 0.717) is 11.6 Å². The van der Waals surface area contributed by atoms with Crippen molar-refractivity contribution in [3.05, 3.63) is 24.4 Å². The summed E-state index contributed by atoms with van der Waals surface area (Å²) < 4.78 is 0. The van der Waals surface area contributed by atoms with Crippen molar-refractivity contribution in [1.29, 1.82) is 0 Å². The van der Waals surface area contributed by atoms with Gasteiger partial charge in [-0.25, -0.2) is 4.98 Å². The highest BCUT2D eigenvalue weighted by Gasteiger charge is 1.99. The molecule has 64 valence electrons. The number of carbonyl (C=O) groups excluding carboxylic acids is 1. The molecule has 0 fully saturated rings. The molecule has 0 radical (unpaired) electrons. The fourth-order valence-corrected chi connectivity index (χ4v) is 1.08. The third-order valence-corrected chi connectivity index (χ3v) is 1.76. The number of hydrogen-bond acceptors (Lipinski definition) is 3. The Morgan fingerprint density at radius 1 is 1.67 bits per heavy atom. The number of nitrogens with zero attached hydrogens (tertiary/aromatic N) is 1. The van der Waals surface area contributed by atoms with E-state index in [9.17, 15) is 4.79 Å². The zero-order chi connectivity index (χ0) is 8.81. The van der Waals surface area contributed by atoms with E-state index in [1.54, 1.807) is 12.3 Å². The maximum absolute atomic E-state index is 11.0. The van der Waals surface area contributed by atoms with Crippen LogP contribution < -0.4 is 5.32 Å². The van der Waals surface area contributed by atoms with Crippen molar-refractivity contribution < 1.29 is 4.79 Å². The van der Waals surface area contributed by atoms with Crippen LogP contribution in [0.5, 0.6) is 0 Å². The Bertz CT molecular complexity index is 250. The molecule has 0 bridgehead atoms. The largest absolute Gasteiger partial charge is 0.310 e. The number of amides is 1. The van der Waals surface area contributed by atoms with Crippen LogP contribution in [0.3, 0.4) is 0 Å². The average Bonchev–Trinajstić information content (AvgIpc) is 2.06. The number of carbonyl (C=O) groups is 1. The first kappa shape index (κ1) is 9.06. The van der Waals surface area contributed by atoms with Crippen LogP contribution in [0.2, 0.25) is 0 Å². The molecule has 0 aromatic carbocycles. The molecule has 1 N–H and O–H groups in total. The van der Waals surface area contributed by atoms with Crippen molar-refractivity contribution in [1.82, 2.24) is 4.98 Å². The lowest BCUT2D eigenvalue weighted by Crippen LogP contribution is -2.14. The topological polar surface area (TPSA) is 42.0 Å². The molecule has 4 heteroatoms. The van der Waals surface area contributed by atoms with Crippen LogP contribution in [0.15, 0.2) is 24.4 Å². The SMILES string of the molecule is CSCC(=O)Nc1ccccn1. The molecule has 0 saturated carbocycles. The normalized spacial score (nSPS) is 9.42. The summed E-state index contributed by atoms with van der Waals surface area (Å²) in [6.07, 6.45) is 3.53. The van der Waals surface area contributed by atoms with E-state index in [-0.39, 0.29) is 5.91 Å². The lowest BCUT2D eigenvalue weighted by Gasteiger charge is -2.00. The minimum atomic E-state index is -0.0128. The zero-order valence-electron chi connectivity index (χ0n) is 6.78. The van der Waals surface area contributed by atoms with Gasteiger partial charge < -0.3 is 5.32 Å².